The van der Waals surface area contributed by atoms with Crippen LogP contribution in [0, 0.1) is 0 Å². The first-order chi connectivity index (χ1) is 13.0. The van der Waals surface area contributed by atoms with E-state index in [-0.39, 0.29) is 12.3 Å². The fraction of sp³-hybridized carbons (Fsp3) is 0.286. The highest BCUT2D eigenvalue weighted by Crippen LogP contribution is 2.28. The minimum atomic E-state index is -1.36. The Labute approximate surface area is 158 Å². The maximum Gasteiger partial charge on any atom is 0.348 e. The van der Waals surface area contributed by atoms with Crippen LogP contribution in [-0.4, -0.2) is 45.6 Å². The predicted molar refractivity (Wildman–Crippen MR) is 101 cm³/mol. The molecular formula is C21H22N2O4. The Hall–Kier alpha value is -3.15. The zero-order valence-electron chi connectivity index (χ0n) is 15.2. The van der Waals surface area contributed by atoms with Gasteiger partial charge in [0.25, 0.3) is 5.91 Å². The lowest BCUT2D eigenvalue weighted by Gasteiger charge is -2.31. The molecule has 0 bridgehead atoms. The summed E-state index contributed by atoms with van der Waals surface area (Å²) in [6, 6.07) is 12.4. The molecule has 0 radical (unpaired) electrons. The quantitative estimate of drug-likeness (QED) is 0.795. The van der Waals surface area contributed by atoms with Gasteiger partial charge in [0, 0.05) is 31.9 Å². The van der Waals surface area contributed by atoms with Gasteiger partial charge in [0.15, 0.2) is 0 Å². The third-order valence-corrected chi connectivity index (χ3v) is 4.60. The van der Waals surface area contributed by atoms with E-state index < -0.39 is 11.6 Å². The van der Waals surface area contributed by atoms with Crippen LogP contribution >= 0.6 is 0 Å². The molecular weight excluding hydrogens is 344 g/mol. The van der Waals surface area contributed by atoms with Gasteiger partial charge in [-0.2, -0.15) is 0 Å². The highest BCUT2D eigenvalue weighted by Gasteiger charge is 2.37. The minimum absolute atomic E-state index is 0.0695. The van der Waals surface area contributed by atoms with Gasteiger partial charge in [-0.05, 0) is 37.6 Å². The number of pyridine rings is 1. The van der Waals surface area contributed by atoms with Gasteiger partial charge in [-0.25, -0.2) is 4.79 Å². The average molecular weight is 366 g/mol. The van der Waals surface area contributed by atoms with E-state index in [1.807, 2.05) is 12.1 Å². The van der Waals surface area contributed by atoms with Crippen molar-refractivity contribution < 1.29 is 19.4 Å². The summed E-state index contributed by atoms with van der Waals surface area (Å²) in [6.07, 6.45) is 5.99. The largest absolute Gasteiger partial charge is 0.478 e. The first-order valence-electron chi connectivity index (χ1n) is 8.82. The number of para-hydroxylation sites is 1. The summed E-state index contributed by atoms with van der Waals surface area (Å²) < 4.78 is 5.78. The van der Waals surface area contributed by atoms with Crippen LogP contribution in [0.4, 0.5) is 0 Å². The number of rotatable bonds is 6. The number of carbonyl (C=O) groups is 2. The second-order valence-corrected chi connectivity index (χ2v) is 6.73. The van der Waals surface area contributed by atoms with Crippen molar-refractivity contribution in [3.63, 3.8) is 0 Å². The number of ether oxygens (including phenoxy) is 1. The van der Waals surface area contributed by atoms with Crippen molar-refractivity contribution >= 4 is 11.9 Å². The Morgan fingerprint density at radius 1 is 1.22 bits per heavy atom. The summed E-state index contributed by atoms with van der Waals surface area (Å²) in [5.41, 5.74) is 0.172. The number of aliphatic carboxylic acids is 1. The van der Waals surface area contributed by atoms with E-state index in [4.69, 9.17) is 4.74 Å². The van der Waals surface area contributed by atoms with Crippen LogP contribution < -0.4 is 4.74 Å². The highest BCUT2D eigenvalue weighted by atomic mass is 16.5. The van der Waals surface area contributed by atoms with Crippen LogP contribution in [0.2, 0.25) is 0 Å². The predicted octanol–water partition coefficient (Wildman–Crippen LogP) is 3.17. The number of amides is 1. The van der Waals surface area contributed by atoms with Crippen LogP contribution in [0.1, 0.15) is 30.1 Å². The first-order valence-corrected chi connectivity index (χ1v) is 8.82. The van der Waals surface area contributed by atoms with E-state index in [1.165, 1.54) is 0 Å². The lowest BCUT2D eigenvalue weighted by Crippen LogP contribution is -2.43. The molecule has 6 nitrogen and oxygen atoms in total. The molecule has 1 unspecified atom stereocenters. The molecule has 1 aliphatic rings. The fourth-order valence-corrected chi connectivity index (χ4v) is 3.07. The number of carboxylic acid groups (broad SMARTS) is 1. The Bertz CT molecular complexity index is 836. The smallest absolute Gasteiger partial charge is 0.348 e. The summed E-state index contributed by atoms with van der Waals surface area (Å²) in [5.74, 6) is -0.562. The second kappa shape index (κ2) is 8.03. The van der Waals surface area contributed by atoms with Gasteiger partial charge in [0.05, 0.1) is 5.56 Å². The Kier molecular flexibility index (Phi) is 5.54. The van der Waals surface area contributed by atoms with Crippen LogP contribution in [0.3, 0.4) is 0 Å². The van der Waals surface area contributed by atoms with E-state index in [2.05, 4.69) is 4.98 Å². The zero-order chi connectivity index (χ0) is 19.3. The Morgan fingerprint density at radius 3 is 2.59 bits per heavy atom. The molecule has 27 heavy (non-hydrogen) atoms. The van der Waals surface area contributed by atoms with E-state index in [1.54, 1.807) is 60.6 Å². The summed E-state index contributed by atoms with van der Waals surface area (Å²) in [6.45, 7) is 2.57. The number of carboxylic acids is 1. The van der Waals surface area contributed by atoms with Crippen molar-refractivity contribution in [1.29, 1.82) is 0 Å². The Balaban J connectivity index is 1.67. The van der Waals surface area contributed by atoms with E-state index in [0.717, 1.165) is 5.57 Å². The van der Waals surface area contributed by atoms with E-state index in [9.17, 15) is 14.7 Å². The molecule has 1 aromatic carbocycles. The van der Waals surface area contributed by atoms with Gasteiger partial charge < -0.3 is 14.7 Å². The summed E-state index contributed by atoms with van der Waals surface area (Å²) in [4.78, 5) is 30.0. The summed E-state index contributed by atoms with van der Waals surface area (Å²) in [7, 11) is 0. The minimum Gasteiger partial charge on any atom is -0.478 e. The summed E-state index contributed by atoms with van der Waals surface area (Å²) >= 11 is 0. The van der Waals surface area contributed by atoms with Gasteiger partial charge in [0.2, 0.25) is 5.60 Å². The molecule has 6 heteroatoms. The molecule has 140 valence electrons. The first kappa shape index (κ1) is 18.6. The van der Waals surface area contributed by atoms with Gasteiger partial charge in [-0.3, -0.25) is 9.78 Å². The van der Waals surface area contributed by atoms with Crippen molar-refractivity contribution in [3.8, 4) is 5.75 Å². The molecule has 2 aromatic rings. The number of carbonyl (C=O) groups excluding carboxylic acids is 1. The van der Waals surface area contributed by atoms with Crippen molar-refractivity contribution in [3.05, 3.63) is 72.1 Å². The van der Waals surface area contributed by atoms with E-state index >= 15 is 0 Å². The molecule has 0 aliphatic carbocycles. The van der Waals surface area contributed by atoms with Crippen molar-refractivity contribution in [2.24, 2.45) is 0 Å². The molecule has 1 atom stereocenters. The molecule has 1 aromatic heterocycles. The van der Waals surface area contributed by atoms with Gasteiger partial charge in [-0.1, -0.05) is 29.8 Å². The molecule has 0 fully saturated rings. The van der Waals surface area contributed by atoms with Crippen LogP contribution in [0.15, 0.2) is 66.5 Å². The molecule has 1 amide bonds. The Morgan fingerprint density at radius 2 is 2.00 bits per heavy atom. The second-order valence-electron chi connectivity index (χ2n) is 6.73. The van der Waals surface area contributed by atoms with Crippen LogP contribution in [0.5, 0.6) is 5.75 Å². The molecule has 1 N–H and O–H groups in total. The zero-order valence-corrected chi connectivity index (χ0v) is 15.2. The lowest BCUT2D eigenvalue weighted by molar-refractivity contribution is -0.153. The van der Waals surface area contributed by atoms with Crippen molar-refractivity contribution in [1.82, 2.24) is 9.88 Å². The standard InChI is InChI=1S/C21H22N2O4/c1-21(20(25)26,27-18-7-3-2-4-8-18)14-16-9-12-23(13-10-16)19(24)17-6-5-11-22-15-17/h2-9,11,15H,10,12-14H2,1H3,(H,25,26). The third-order valence-electron chi connectivity index (χ3n) is 4.60. The molecule has 2 heterocycles. The van der Waals surface area contributed by atoms with Crippen molar-refractivity contribution in [2.75, 3.05) is 13.1 Å². The van der Waals surface area contributed by atoms with Gasteiger partial charge in [-0.15, -0.1) is 0 Å². The monoisotopic (exact) mass is 366 g/mol. The normalized spacial score (nSPS) is 16.2. The number of benzene rings is 1. The molecule has 3 rings (SSSR count). The SMILES string of the molecule is CC(CC1=CCN(C(=O)c2cccnc2)CC1)(Oc1ccccc1)C(=O)O. The molecule has 1 aliphatic heterocycles. The molecule has 0 saturated carbocycles. The maximum absolute atomic E-state index is 12.5. The maximum atomic E-state index is 12.5. The topological polar surface area (TPSA) is 79.7 Å². The third kappa shape index (κ3) is 4.53. The van der Waals surface area contributed by atoms with Gasteiger partial charge in [0.1, 0.15) is 5.75 Å². The van der Waals surface area contributed by atoms with Crippen LogP contribution in [-0.2, 0) is 4.79 Å². The lowest BCUT2D eigenvalue weighted by atomic mass is 9.92. The summed E-state index contributed by atoms with van der Waals surface area (Å²) in [5, 5.41) is 9.69. The number of nitrogens with zero attached hydrogens (tertiary/aromatic N) is 2. The average Bonchev–Trinajstić information content (AvgIpc) is 2.69. The highest BCUT2D eigenvalue weighted by molar-refractivity contribution is 5.94. The number of hydrogen-bond acceptors (Lipinski definition) is 4. The molecule has 0 spiro atoms. The van der Waals surface area contributed by atoms with Gasteiger partial charge >= 0.3 is 5.97 Å². The van der Waals surface area contributed by atoms with Crippen molar-refractivity contribution in [2.45, 2.75) is 25.4 Å². The van der Waals surface area contributed by atoms with E-state index in [0.29, 0.717) is 30.8 Å². The number of hydrogen-bond donors (Lipinski definition) is 1. The fourth-order valence-electron chi connectivity index (χ4n) is 3.07. The van der Waals surface area contributed by atoms with Crippen LogP contribution in [0.25, 0.3) is 0 Å². The molecule has 0 saturated heterocycles. The number of aromatic nitrogens is 1.